The summed E-state index contributed by atoms with van der Waals surface area (Å²) in [6, 6.07) is 6.93. The molecule has 1 aliphatic carbocycles. The number of hydrogen-bond acceptors (Lipinski definition) is 3. The molecule has 2 rings (SSSR count). The number of aldehydes is 1. The number of hydrogen-bond donors (Lipinski definition) is 1. The monoisotopic (exact) mass is 261 g/mol. The summed E-state index contributed by atoms with van der Waals surface area (Å²) in [4.78, 5) is 22.5. The highest BCUT2D eigenvalue weighted by Crippen LogP contribution is 2.32. The van der Waals surface area contributed by atoms with E-state index < -0.39 is 0 Å². The number of anilines is 1. The van der Waals surface area contributed by atoms with E-state index in [4.69, 9.17) is 4.74 Å². The average Bonchev–Trinajstić information content (AvgIpc) is 2.36. The first-order valence-corrected chi connectivity index (χ1v) is 6.68. The van der Waals surface area contributed by atoms with Crippen LogP contribution in [0.1, 0.15) is 36.5 Å². The number of carbonyl (C=O) groups excluding carboxylic acids is 2. The zero-order chi connectivity index (χ0) is 13.7. The Morgan fingerprint density at radius 3 is 2.95 bits per heavy atom. The van der Waals surface area contributed by atoms with Crippen molar-refractivity contribution in [2.24, 2.45) is 5.92 Å². The molecule has 0 radical (unpaired) electrons. The molecule has 0 aliphatic heterocycles. The quantitative estimate of drug-likeness (QED) is 0.801. The maximum atomic E-state index is 11.8. The van der Waals surface area contributed by atoms with Crippen molar-refractivity contribution in [1.82, 2.24) is 0 Å². The number of carbonyl (C=O) groups is 2. The third-order valence-electron chi connectivity index (χ3n) is 3.38. The number of rotatable bonds is 6. The Labute approximate surface area is 113 Å². The van der Waals surface area contributed by atoms with Crippen molar-refractivity contribution in [2.45, 2.75) is 32.3 Å². The lowest BCUT2D eigenvalue weighted by atomic mass is 9.80. The van der Waals surface area contributed by atoms with Gasteiger partial charge in [0.1, 0.15) is 6.29 Å². The second-order valence-electron chi connectivity index (χ2n) is 4.91. The van der Waals surface area contributed by atoms with Crippen molar-refractivity contribution in [2.75, 3.05) is 11.9 Å². The Hall–Kier alpha value is -1.68. The number of ether oxygens (including phenoxy) is 1. The summed E-state index contributed by atoms with van der Waals surface area (Å²) in [6.45, 7) is 2.72. The zero-order valence-corrected chi connectivity index (χ0v) is 11.1. The first-order chi connectivity index (χ1) is 9.21. The number of amides is 1. The van der Waals surface area contributed by atoms with Crippen LogP contribution >= 0.6 is 0 Å². The first kappa shape index (κ1) is 13.7. The fraction of sp³-hybridized carbons (Fsp3) is 0.467. The molecule has 102 valence electrons. The van der Waals surface area contributed by atoms with Crippen LogP contribution in [0.4, 0.5) is 5.69 Å². The van der Waals surface area contributed by atoms with Crippen LogP contribution in [0.25, 0.3) is 0 Å². The smallest absolute Gasteiger partial charge is 0.224 e. The maximum absolute atomic E-state index is 11.8. The lowest BCUT2D eigenvalue weighted by molar-refractivity contribution is -0.119. The minimum Gasteiger partial charge on any atom is -0.378 e. The fourth-order valence-electron chi connectivity index (χ4n) is 2.38. The fourth-order valence-corrected chi connectivity index (χ4v) is 2.38. The Morgan fingerprint density at radius 1 is 1.47 bits per heavy atom. The lowest BCUT2D eigenvalue weighted by Gasteiger charge is -2.34. The average molecular weight is 261 g/mol. The molecule has 1 aromatic carbocycles. The van der Waals surface area contributed by atoms with Crippen molar-refractivity contribution in [3.63, 3.8) is 0 Å². The number of nitrogens with one attached hydrogen (secondary N) is 1. The van der Waals surface area contributed by atoms with E-state index in [9.17, 15) is 9.59 Å². The molecular weight excluding hydrogens is 242 g/mol. The Balaban J connectivity index is 1.77. The Morgan fingerprint density at radius 2 is 2.26 bits per heavy atom. The highest BCUT2D eigenvalue weighted by atomic mass is 16.5. The summed E-state index contributed by atoms with van der Waals surface area (Å²) in [5.74, 6) is 0.425. The molecule has 4 nitrogen and oxygen atoms in total. The van der Waals surface area contributed by atoms with Gasteiger partial charge in [-0.05, 0) is 37.8 Å². The molecule has 19 heavy (non-hydrogen) atoms. The second kappa shape index (κ2) is 6.48. The lowest BCUT2D eigenvalue weighted by Crippen LogP contribution is -2.33. The summed E-state index contributed by atoms with van der Waals surface area (Å²) < 4.78 is 5.47. The van der Waals surface area contributed by atoms with Crippen LogP contribution in [0.2, 0.25) is 0 Å². The van der Waals surface area contributed by atoms with Gasteiger partial charge in [0.2, 0.25) is 5.91 Å². The van der Waals surface area contributed by atoms with E-state index in [-0.39, 0.29) is 5.91 Å². The topological polar surface area (TPSA) is 55.4 Å². The van der Waals surface area contributed by atoms with Gasteiger partial charge in [0.15, 0.2) is 0 Å². The Kier molecular flexibility index (Phi) is 4.68. The summed E-state index contributed by atoms with van der Waals surface area (Å²) in [5, 5.41) is 2.82. The van der Waals surface area contributed by atoms with Crippen LogP contribution in [-0.2, 0) is 9.53 Å². The predicted molar refractivity (Wildman–Crippen MR) is 73.2 cm³/mol. The molecule has 0 spiro atoms. The minimum absolute atomic E-state index is 0.00278. The van der Waals surface area contributed by atoms with Crippen LogP contribution in [0.5, 0.6) is 0 Å². The normalized spacial score (nSPS) is 21.5. The molecule has 0 atom stereocenters. The van der Waals surface area contributed by atoms with Gasteiger partial charge >= 0.3 is 0 Å². The van der Waals surface area contributed by atoms with Crippen LogP contribution in [-0.4, -0.2) is 24.9 Å². The summed E-state index contributed by atoms with van der Waals surface area (Å²) >= 11 is 0. The molecule has 0 bridgehead atoms. The third kappa shape index (κ3) is 3.89. The van der Waals surface area contributed by atoms with Gasteiger partial charge in [-0.3, -0.25) is 9.59 Å². The molecular formula is C15H19NO3. The maximum Gasteiger partial charge on any atom is 0.224 e. The van der Waals surface area contributed by atoms with Gasteiger partial charge in [-0.25, -0.2) is 0 Å². The summed E-state index contributed by atoms with van der Waals surface area (Å²) in [7, 11) is 0. The molecule has 0 heterocycles. The molecule has 0 unspecified atom stereocenters. The molecule has 1 N–H and O–H groups in total. The second-order valence-corrected chi connectivity index (χ2v) is 4.91. The molecule has 0 saturated heterocycles. The zero-order valence-electron chi connectivity index (χ0n) is 11.1. The van der Waals surface area contributed by atoms with E-state index in [1.54, 1.807) is 24.3 Å². The van der Waals surface area contributed by atoms with Crippen LogP contribution in [0.15, 0.2) is 24.3 Å². The predicted octanol–water partition coefficient (Wildman–Crippen LogP) is 2.64. The molecule has 1 amide bonds. The van der Waals surface area contributed by atoms with Crippen molar-refractivity contribution in [3.05, 3.63) is 29.8 Å². The van der Waals surface area contributed by atoms with Crippen LogP contribution in [0.3, 0.4) is 0 Å². The summed E-state index contributed by atoms with van der Waals surface area (Å²) in [5.41, 5.74) is 1.24. The molecule has 4 heteroatoms. The molecule has 1 aromatic rings. The van der Waals surface area contributed by atoms with Gasteiger partial charge in [-0.15, -0.1) is 0 Å². The van der Waals surface area contributed by atoms with Crippen molar-refractivity contribution in [3.8, 4) is 0 Å². The van der Waals surface area contributed by atoms with Gasteiger partial charge in [0.25, 0.3) is 0 Å². The molecule has 1 fully saturated rings. The summed E-state index contributed by atoms with van der Waals surface area (Å²) in [6.07, 6.45) is 3.57. The van der Waals surface area contributed by atoms with Crippen LogP contribution < -0.4 is 5.32 Å². The van der Waals surface area contributed by atoms with Crippen molar-refractivity contribution in [1.29, 1.82) is 0 Å². The Bertz CT molecular complexity index is 452. The van der Waals surface area contributed by atoms with E-state index in [1.807, 2.05) is 6.92 Å². The molecule has 1 saturated carbocycles. The van der Waals surface area contributed by atoms with Gasteiger partial charge in [-0.2, -0.15) is 0 Å². The van der Waals surface area contributed by atoms with Gasteiger partial charge < -0.3 is 10.1 Å². The number of benzene rings is 1. The van der Waals surface area contributed by atoms with E-state index in [2.05, 4.69) is 5.32 Å². The minimum atomic E-state index is 0.00278. The third-order valence-corrected chi connectivity index (χ3v) is 3.38. The largest absolute Gasteiger partial charge is 0.378 e. The SMILES string of the molecule is CCOC1CC(CC(=O)Nc2cccc(C=O)c2)C1. The van der Waals surface area contributed by atoms with Gasteiger partial charge in [0, 0.05) is 24.3 Å². The molecule has 0 aromatic heterocycles. The standard InChI is InChI=1S/C15H19NO3/c1-2-19-14-7-12(8-14)9-15(18)16-13-5-3-4-11(6-13)10-17/h3-6,10,12,14H,2,7-9H2,1H3,(H,16,18). The van der Waals surface area contributed by atoms with Gasteiger partial charge in [0.05, 0.1) is 6.10 Å². The van der Waals surface area contributed by atoms with Crippen molar-refractivity contribution < 1.29 is 14.3 Å². The first-order valence-electron chi connectivity index (χ1n) is 6.68. The van der Waals surface area contributed by atoms with E-state index in [0.29, 0.717) is 29.7 Å². The van der Waals surface area contributed by atoms with Gasteiger partial charge in [-0.1, -0.05) is 12.1 Å². The van der Waals surface area contributed by atoms with Crippen molar-refractivity contribution >= 4 is 17.9 Å². The van der Waals surface area contributed by atoms with E-state index in [1.165, 1.54) is 0 Å². The van der Waals surface area contributed by atoms with E-state index in [0.717, 1.165) is 25.7 Å². The molecule has 1 aliphatic rings. The highest BCUT2D eigenvalue weighted by Gasteiger charge is 2.30. The highest BCUT2D eigenvalue weighted by molar-refractivity contribution is 5.92. The van der Waals surface area contributed by atoms with E-state index >= 15 is 0 Å². The van der Waals surface area contributed by atoms with Crippen LogP contribution in [0, 0.1) is 5.92 Å².